The van der Waals surface area contributed by atoms with Crippen LogP contribution in [-0.2, 0) is 4.79 Å². The molecule has 1 rings (SSSR count). The lowest BCUT2D eigenvalue weighted by molar-refractivity contribution is -0.149. The average Bonchev–Trinajstić information content (AvgIpc) is 2.49. The summed E-state index contributed by atoms with van der Waals surface area (Å²) in [5.41, 5.74) is -0.502. The van der Waals surface area contributed by atoms with Crippen LogP contribution in [0, 0.1) is 10.8 Å². The molecular formula is C16H30N2O3. The van der Waals surface area contributed by atoms with Gasteiger partial charge in [0.15, 0.2) is 0 Å². The molecule has 0 unspecified atom stereocenters. The summed E-state index contributed by atoms with van der Waals surface area (Å²) in [6.45, 7) is 9.90. The number of rotatable bonds is 6. The average molecular weight is 298 g/mol. The molecule has 0 aromatic heterocycles. The highest BCUT2D eigenvalue weighted by atomic mass is 16.4. The Morgan fingerprint density at radius 2 is 1.71 bits per heavy atom. The number of hydrogen-bond donors (Lipinski definition) is 2. The number of urea groups is 1. The third-order valence-electron chi connectivity index (χ3n) is 5.50. The van der Waals surface area contributed by atoms with Crippen molar-refractivity contribution in [3.8, 4) is 0 Å². The lowest BCUT2D eigenvalue weighted by atomic mass is 9.78. The Balaban J connectivity index is 2.53. The van der Waals surface area contributed by atoms with Crippen molar-refractivity contribution in [3.05, 3.63) is 0 Å². The summed E-state index contributed by atoms with van der Waals surface area (Å²) in [4.78, 5) is 25.5. The lowest BCUT2D eigenvalue weighted by Gasteiger charge is -2.39. The Labute approximate surface area is 128 Å². The van der Waals surface area contributed by atoms with Crippen molar-refractivity contribution in [2.45, 2.75) is 59.8 Å². The van der Waals surface area contributed by atoms with E-state index in [1.165, 1.54) is 0 Å². The van der Waals surface area contributed by atoms with Gasteiger partial charge in [-0.15, -0.1) is 0 Å². The smallest absolute Gasteiger partial charge is 0.317 e. The fraction of sp³-hybridized carbons (Fsp3) is 0.875. The molecular weight excluding hydrogens is 268 g/mol. The van der Waals surface area contributed by atoms with Gasteiger partial charge in [-0.05, 0) is 31.1 Å². The van der Waals surface area contributed by atoms with Crippen molar-refractivity contribution >= 4 is 12.0 Å². The van der Waals surface area contributed by atoms with Gasteiger partial charge in [-0.3, -0.25) is 4.79 Å². The molecule has 0 radical (unpaired) electrons. The zero-order valence-corrected chi connectivity index (χ0v) is 13.9. The van der Waals surface area contributed by atoms with E-state index in [4.69, 9.17) is 0 Å². The minimum Gasteiger partial charge on any atom is -0.481 e. The summed E-state index contributed by atoms with van der Waals surface area (Å²) >= 11 is 0. The number of piperidine rings is 1. The number of carbonyl (C=O) groups excluding carboxylic acids is 1. The van der Waals surface area contributed by atoms with Crippen LogP contribution in [0.15, 0.2) is 0 Å². The Hall–Kier alpha value is -1.26. The maximum Gasteiger partial charge on any atom is 0.317 e. The molecule has 0 atom stereocenters. The first kappa shape index (κ1) is 17.8. The number of amides is 2. The molecule has 5 heteroatoms. The van der Waals surface area contributed by atoms with E-state index in [2.05, 4.69) is 19.2 Å². The van der Waals surface area contributed by atoms with Crippen LogP contribution in [-0.4, -0.2) is 41.6 Å². The summed E-state index contributed by atoms with van der Waals surface area (Å²) < 4.78 is 0. The third kappa shape index (κ3) is 4.11. The molecule has 0 saturated carbocycles. The first-order valence-electron chi connectivity index (χ1n) is 8.08. The van der Waals surface area contributed by atoms with Gasteiger partial charge in [0.05, 0.1) is 5.41 Å². The molecule has 1 saturated heterocycles. The normalized spacial score (nSPS) is 18.4. The summed E-state index contributed by atoms with van der Waals surface area (Å²) in [7, 11) is 0. The maximum atomic E-state index is 12.2. The van der Waals surface area contributed by atoms with Crippen molar-refractivity contribution in [1.82, 2.24) is 10.2 Å². The topological polar surface area (TPSA) is 69.6 Å². The summed E-state index contributed by atoms with van der Waals surface area (Å²) in [5, 5.41) is 12.2. The minimum atomic E-state index is -0.844. The Morgan fingerprint density at radius 3 is 2.10 bits per heavy atom. The molecule has 5 nitrogen and oxygen atoms in total. The molecule has 2 N–H and O–H groups in total. The fourth-order valence-electron chi connectivity index (χ4n) is 2.84. The SMILES string of the molecule is CCC1(C)CCN(C(=O)NCC(CC)(CC)C(=O)O)CC1. The second-order valence-electron chi connectivity index (χ2n) is 6.60. The van der Waals surface area contributed by atoms with Crippen LogP contribution in [0.25, 0.3) is 0 Å². The number of likely N-dealkylation sites (tertiary alicyclic amines) is 1. The minimum absolute atomic E-state index is 0.124. The largest absolute Gasteiger partial charge is 0.481 e. The molecule has 0 aromatic rings. The standard InChI is InChI=1S/C16H30N2O3/c1-5-15(4)8-10-18(11-9-15)14(21)17-12-16(6-2,7-3)13(19)20/h5-12H2,1-4H3,(H,17,21)(H,19,20). The van der Waals surface area contributed by atoms with Crippen LogP contribution >= 0.6 is 0 Å². The van der Waals surface area contributed by atoms with E-state index in [0.29, 0.717) is 18.3 Å². The monoisotopic (exact) mass is 298 g/mol. The van der Waals surface area contributed by atoms with Gasteiger partial charge >= 0.3 is 12.0 Å². The lowest BCUT2D eigenvalue weighted by Crippen LogP contribution is -2.50. The molecule has 1 fully saturated rings. The molecule has 0 aromatic carbocycles. The summed E-state index contributed by atoms with van der Waals surface area (Å²) in [6, 6.07) is -0.124. The van der Waals surface area contributed by atoms with Gasteiger partial charge in [0, 0.05) is 19.6 Å². The van der Waals surface area contributed by atoms with Gasteiger partial charge in [-0.25, -0.2) is 4.79 Å². The molecule has 0 spiro atoms. The van der Waals surface area contributed by atoms with E-state index in [1.807, 2.05) is 18.7 Å². The number of carboxylic acids is 1. The highest BCUT2D eigenvalue weighted by Gasteiger charge is 2.36. The number of nitrogens with one attached hydrogen (secondary N) is 1. The number of hydrogen-bond acceptors (Lipinski definition) is 2. The number of carbonyl (C=O) groups is 2. The van der Waals surface area contributed by atoms with Crippen molar-refractivity contribution in [1.29, 1.82) is 0 Å². The van der Waals surface area contributed by atoms with Crippen molar-refractivity contribution in [3.63, 3.8) is 0 Å². The van der Waals surface area contributed by atoms with E-state index in [0.717, 1.165) is 32.4 Å². The highest BCUT2D eigenvalue weighted by Crippen LogP contribution is 2.34. The number of aliphatic carboxylic acids is 1. The first-order chi connectivity index (χ1) is 9.82. The molecule has 21 heavy (non-hydrogen) atoms. The van der Waals surface area contributed by atoms with E-state index in [1.54, 1.807) is 0 Å². The van der Waals surface area contributed by atoms with Gasteiger partial charge in [0.25, 0.3) is 0 Å². The second kappa shape index (κ2) is 7.14. The fourth-order valence-corrected chi connectivity index (χ4v) is 2.84. The van der Waals surface area contributed by atoms with Crippen LogP contribution < -0.4 is 5.32 Å². The van der Waals surface area contributed by atoms with Gasteiger partial charge in [-0.2, -0.15) is 0 Å². The zero-order chi connectivity index (χ0) is 16.1. The van der Waals surface area contributed by atoms with Crippen LogP contribution in [0.2, 0.25) is 0 Å². The molecule has 0 bridgehead atoms. The van der Waals surface area contributed by atoms with Crippen LogP contribution in [0.3, 0.4) is 0 Å². The maximum absolute atomic E-state index is 12.2. The Bertz CT molecular complexity index is 370. The summed E-state index contributed by atoms with van der Waals surface area (Å²) in [6.07, 6.45) is 4.21. The van der Waals surface area contributed by atoms with E-state index in [9.17, 15) is 14.7 Å². The predicted octanol–water partition coefficient (Wildman–Crippen LogP) is 3.10. The Kier molecular flexibility index (Phi) is 6.05. The van der Waals surface area contributed by atoms with Crippen LogP contribution in [0.1, 0.15) is 59.8 Å². The van der Waals surface area contributed by atoms with Gasteiger partial charge < -0.3 is 15.3 Å². The van der Waals surface area contributed by atoms with Gasteiger partial charge in [-0.1, -0.05) is 34.1 Å². The highest BCUT2D eigenvalue weighted by molar-refractivity contribution is 5.78. The van der Waals surface area contributed by atoms with Crippen LogP contribution in [0.5, 0.6) is 0 Å². The van der Waals surface area contributed by atoms with E-state index >= 15 is 0 Å². The quantitative estimate of drug-likeness (QED) is 0.791. The first-order valence-corrected chi connectivity index (χ1v) is 8.08. The molecule has 122 valence electrons. The van der Waals surface area contributed by atoms with Crippen molar-refractivity contribution < 1.29 is 14.7 Å². The molecule has 1 aliphatic rings. The molecule has 1 aliphatic heterocycles. The molecule has 0 aliphatic carbocycles. The number of nitrogens with zero attached hydrogens (tertiary/aromatic N) is 1. The van der Waals surface area contributed by atoms with Crippen molar-refractivity contribution in [2.75, 3.05) is 19.6 Å². The Morgan fingerprint density at radius 1 is 1.19 bits per heavy atom. The summed E-state index contributed by atoms with van der Waals surface area (Å²) in [5.74, 6) is -0.829. The van der Waals surface area contributed by atoms with Gasteiger partial charge in [0.2, 0.25) is 0 Å². The molecule has 1 heterocycles. The number of carboxylic acid groups (broad SMARTS) is 1. The predicted molar refractivity (Wildman–Crippen MR) is 83.3 cm³/mol. The second-order valence-corrected chi connectivity index (χ2v) is 6.60. The van der Waals surface area contributed by atoms with Gasteiger partial charge in [0.1, 0.15) is 0 Å². The molecule has 2 amide bonds. The van der Waals surface area contributed by atoms with Crippen LogP contribution in [0.4, 0.5) is 4.79 Å². The van der Waals surface area contributed by atoms with E-state index < -0.39 is 11.4 Å². The third-order valence-corrected chi connectivity index (χ3v) is 5.50. The zero-order valence-electron chi connectivity index (χ0n) is 13.9. The van der Waals surface area contributed by atoms with Crippen molar-refractivity contribution in [2.24, 2.45) is 10.8 Å². The van der Waals surface area contributed by atoms with E-state index in [-0.39, 0.29) is 12.6 Å².